The van der Waals surface area contributed by atoms with Crippen LogP contribution in [0.5, 0.6) is 0 Å². The molecule has 0 aliphatic heterocycles. The molecule has 1 amide bonds. The monoisotopic (exact) mass is 478 g/mol. The zero-order valence-corrected chi connectivity index (χ0v) is 17.2. The first-order valence-corrected chi connectivity index (χ1v) is 9.59. The minimum atomic E-state index is -4.69. The lowest BCUT2D eigenvalue weighted by molar-refractivity contribution is -0.138. The quantitative estimate of drug-likeness (QED) is 0.385. The summed E-state index contributed by atoms with van der Waals surface area (Å²) in [5.74, 6) is -4.17. The molecule has 0 aliphatic carbocycles. The summed E-state index contributed by atoms with van der Waals surface area (Å²) in [4.78, 5) is 20.2. The minimum Gasteiger partial charge on any atom is -0.382 e. The Morgan fingerprint density at radius 3 is 2.59 bits per heavy atom. The summed E-state index contributed by atoms with van der Waals surface area (Å²) in [6.07, 6.45) is -5.57. The van der Waals surface area contributed by atoms with Crippen LogP contribution in [0.25, 0.3) is 16.7 Å². The van der Waals surface area contributed by atoms with Crippen LogP contribution in [0, 0.1) is 18.6 Å². The molecule has 13 heteroatoms. The highest BCUT2D eigenvalue weighted by Gasteiger charge is 2.32. The molecule has 0 saturated carbocycles. The fourth-order valence-corrected chi connectivity index (χ4v) is 3.32. The molecule has 0 unspecified atom stereocenters. The maximum atomic E-state index is 14.9. The van der Waals surface area contributed by atoms with Crippen molar-refractivity contribution in [1.29, 1.82) is 0 Å². The molecular weight excluding hydrogens is 463 g/mol. The lowest BCUT2D eigenvalue weighted by Gasteiger charge is -2.15. The number of anilines is 2. The van der Waals surface area contributed by atoms with Gasteiger partial charge in [-0.2, -0.15) is 18.3 Å². The lowest BCUT2D eigenvalue weighted by atomic mass is 10.0. The average Bonchev–Trinajstić information content (AvgIpc) is 3.13. The van der Waals surface area contributed by atoms with Gasteiger partial charge in [-0.15, -0.1) is 0 Å². The van der Waals surface area contributed by atoms with Gasteiger partial charge in [-0.1, -0.05) is 12.1 Å². The second-order valence-electron chi connectivity index (χ2n) is 7.23. The molecule has 0 fully saturated rings. The van der Waals surface area contributed by atoms with Crippen molar-refractivity contribution < 1.29 is 31.9 Å². The molecule has 176 valence electrons. The molecule has 2 heterocycles. The molecule has 0 aliphatic rings. The summed E-state index contributed by atoms with van der Waals surface area (Å²) in [6, 6.07) is 5.56. The van der Waals surface area contributed by atoms with Gasteiger partial charge in [0.2, 0.25) is 0 Å². The minimum absolute atomic E-state index is 0.0213. The third-order valence-corrected chi connectivity index (χ3v) is 4.98. The Labute approximate surface area is 187 Å². The topological polar surface area (TPSA) is 119 Å². The van der Waals surface area contributed by atoms with Gasteiger partial charge < -0.3 is 16.2 Å². The smallest absolute Gasteiger partial charge is 0.382 e. The maximum Gasteiger partial charge on any atom is 0.416 e. The summed E-state index contributed by atoms with van der Waals surface area (Å²) >= 11 is 0. The summed E-state index contributed by atoms with van der Waals surface area (Å²) in [5, 5.41) is 16.2. The van der Waals surface area contributed by atoms with E-state index in [4.69, 9.17) is 5.73 Å². The number of alkyl halides is 3. The van der Waals surface area contributed by atoms with Gasteiger partial charge in [0, 0.05) is 0 Å². The largest absolute Gasteiger partial charge is 0.416 e. The molecule has 0 spiro atoms. The second-order valence-corrected chi connectivity index (χ2v) is 7.23. The SMILES string of the molecule is Cc1nn(-c2ccc(NC(=O)[C@H](O)c3cccc(C(F)(F)F)c3)c(F)c2F)c2c(N)ncnc12. The number of carbonyl (C=O) groups excluding carboxylic acids is 1. The number of halogens is 5. The first-order chi connectivity index (χ1) is 16.0. The molecule has 0 saturated heterocycles. The molecule has 34 heavy (non-hydrogen) atoms. The Kier molecular flexibility index (Phi) is 5.65. The Morgan fingerprint density at radius 2 is 1.88 bits per heavy atom. The number of nitrogen functional groups attached to an aromatic ring is 1. The molecule has 4 aromatic rings. The van der Waals surface area contributed by atoms with Crippen LogP contribution in [0.15, 0.2) is 42.7 Å². The highest BCUT2D eigenvalue weighted by atomic mass is 19.4. The Hall–Kier alpha value is -4.13. The number of fused-ring (bicyclic) bond motifs is 1. The van der Waals surface area contributed by atoms with E-state index in [0.29, 0.717) is 17.3 Å². The zero-order valence-electron chi connectivity index (χ0n) is 17.2. The van der Waals surface area contributed by atoms with Crippen molar-refractivity contribution in [3.8, 4) is 5.69 Å². The highest BCUT2D eigenvalue weighted by Crippen LogP contribution is 2.32. The van der Waals surface area contributed by atoms with Gasteiger partial charge in [-0.05, 0) is 36.8 Å². The molecule has 0 bridgehead atoms. The second kappa shape index (κ2) is 8.33. The van der Waals surface area contributed by atoms with E-state index in [0.717, 1.165) is 35.0 Å². The number of aliphatic hydroxyl groups excluding tert-OH is 1. The lowest BCUT2D eigenvalue weighted by Crippen LogP contribution is -2.22. The average molecular weight is 478 g/mol. The van der Waals surface area contributed by atoms with Crippen LogP contribution >= 0.6 is 0 Å². The number of aromatic nitrogens is 4. The van der Waals surface area contributed by atoms with Crippen LogP contribution in [0.2, 0.25) is 0 Å². The van der Waals surface area contributed by atoms with Gasteiger partial charge in [0.05, 0.1) is 16.9 Å². The predicted octanol–water partition coefficient (Wildman–Crippen LogP) is 3.68. The number of nitrogens with two attached hydrogens (primary N) is 1. The number of carbonyl (C=O) groups is 1. The Morgan fingerprint density at radius 1 is 1.15 bits per heavy atom. The van der Waals surface area contributed by atoms with E-state index >= 15 is 0 Å². The first-order valence-electron chi connectivity index (χ1n) is 9.59. The van der Waals surface area contributed by atoms with Crippen LogP contribution in [-0.4, -0.2) is 30.8 Å². The summed E-state index contributed by atoms with van der Waals surface area (Å²) in [7, 11) is 0. The first kappa shape index (κ1) is 23.0. The summed E-state index contributed by atoms with van der Waals surface area (Å²) < 4.78 is 69.4. The van der Waals surface area contributed by atoms with E-state index in [9.17, 15) is 31.9 Å². The van der Waals surface area contributed by atoms with E-state index < -0.39 is 41.1 Å². The fraction of sp³-hybridized carbons (Fsp3) is 0.143. The number of aliphatic hydroxyl groups is 1. The van der Waals surface area contributed by atoms with Gasteiger partial charge >= 0.3 is 6.18 Å². The van der Waals surface area contributed by atoms with Crippen molar-refractivity contribution >= 4 is 28.4 Å². The van der Waals surface area contributed by atoms with Crippen LogP contribution in [0.3, 0.4) is 0 Å². The van der Waals surface area contributed by atoms with Gasteiger partial charge in [0.15, 0.2) is 23.6 Å². The number of aryl methyl sites for hydroxylation is 1. The van der Waals surface area contributed by atoms with Crippen LogP contribution in [0.4, 0.5) is 33.5 Å². The van der Waals surface area contributed by atoms with Crippen LogP contribution in [-0.2, 0) is 11.0 Å². The van der Waals surface area contributed by atoms with Crippen molar-refractivity contribution in [3.05, 3.63) is 71.2 Å². The van der Waals surface area contributed by atoms with Crippen LogP contribution < -0.4 is 11.1 Å². The number of hydrogen-bond donors (Lipinski definition) is 3. The van der Waals surface area contributed by atoms with Gasteiger partial charge in [-0.25, -0.2) is 23.4 Å². The molecule has 8 nitrogen and oxygen atoms in total. The number of rotatable bonds is 4. The van der Waals surface area contributed by atoms with Crippen LogP contribution in [0.1, 0.15) is 22.9 Å². The number of nitrogens with one attached hydrogen (secondary N) is 1. The molecule has 2 aromatic heterocycles. The number of nitrogens with zero attached hydrogens (tertiary/aromatic N) is 4. The molecule has 4 N–H and O–H groups in total. The van der Waals surface area contributed by atoms with Crippen molar-refractivity contribution in [1.82, 2.24) is 19.7 Å². The number of benzene rings is 2. The molecule has 1 atom stereocenters. The van der Waals surface area contributed by atoms with Crippen molar-refractivity contribution in [2.75, 3.05) is 11.1 Å². The van der Waals surface area contributed by atoms with Gasteiger partial charge in [0.25, 0.3) is 5.91 Å². The third-order valence-electron chi connectivity index (χ3n) is 4.98. The van der Waals surface area contributed by atoms with Crippen molar-refractivity contribution in [3.63, 3.8) is 0 Å². The van der Waals surface area contributed by atoms with Gasteiger partial charge in [-0.3, -0.25) is 4.79 Å². The fourth-order valence-electron chi connectivity index (χ4n) is 3.32. The van der Waals surface area contributed by atoms with Gasteiger partial charge in [0.1, 0.15) is 23.0 Å². The summed E-state index contributed by atoms with van der Waals surface area (Å²) in [6.45, 7) is 1.59. The Bertz CT molecular complexity index is 1420. The van der Waals surface area contributed by atoms with E-state index in [2.05, 4.69) is 15.1 Å². The van der Waals surface area contributed by atoms with E-state index in [-0.39, 0.29) is 22.6 Å². The molecule has 4 rings (SSSR count). The maximum absolute atomic E-state index is 14.9. The third kappa shape index (κ3) is 4.01. The molecule has 0 radical (unpaired) electrons. The van der Waals surface area contributed by atoms with E-state index in [1.165, 1.54) is 6.33 Å². The Balaban J connectivity index is 1.64. The standard InChI is InChI=1S/C21H15F5N6O2/c1-9-16-17(19(27)29-8-28-16)32(31-9)13-6-5-12(14(22)15(13)23)30-20(34)18(33)10-3-2-4-11(7-10)21(24,25)26/h2-8,18,33H,1H3,(H,30,34)(H2,27,28,29)/t18-/m1/s1. The number of amides is 1. The van der Waals surface area contributed by atoms with Crippen molar-refractivity contribution in [2.45, 2.75) is 19.2 Å². The zero-order chi connectivity index (χ0) is 24.8. The van der Waals surface area contributed by atoms with Crippen molar-refractivity contribution in [2.24, 2.45) is 0 Å². The normalized spacial score (nSPS) is 12.7. The highest BCUT2D eigenvalue weighted by molar-refractivity contribution is 5.95. The van der Waals surface area contributed by atoms with E-state index in [1.54, 1.807) is 6.92 Å². The number of hydrogen-bond acceptors (Lipinski definition) is 6. The van der Waals surface area contributed by atoms with E-state index in [1.807, 2.05) is 5.32 Å². The molecular formula is C21H15F5N6O2. The molecule has 2 aromatic carbocycles. The predicted molar refractivity (Wildman–Crippen MR) is 111 cm³/mol. The summed E-state index contributed by atoms with van der Waals surface area (Å²) in [5.41, 5.74) is 4.24.